The summed E-state index contributed by atoms with van der Waals surface area (Å²) in [7, 11) is 1.60. The number of ether oxygens (including phenoxy) is 1. The summed E-state index contributed by atoms with van der Waals surface area (Å²) < 4.78 is 5.42. The average Bonchev–Trinajstić information content (AvgIpc) is 2.88. The van der Waals surface area contributed by atoms with Crippen LogP contribution in [0.25, 0.3) is 0 Å². The van der Waals surface area contributed by atoms with Gasteiger partial charge in [0.05, 0.1) is 25.2 Å². The van der Waals surface area contributed by atoms with Gasteiger partial charge in [-0.25, -0.2) is 5.43 Å². The number of rotatable bonds is 9. The molecule has 5 N–H and O–H groups in total. The van der Waals surface area contributed by atoms with Crippen LogP contribution in [0.1, 0.15) is 22.3 Å². The third-order valence-corrected chi connectivity index (χ3v) is 5.31. The Bertz CT molecular complexity index is 1370. The molecular weight excluding hydrogens is 470 g/mol. The van der Waals surface area contributed by atoms with Crippen molar-refractivity contribution >= 4 is 35.7 Å². The van der Waals surface area contributed by atoms with Gasteiger partial charge in [-0.05, 0) is 84.6 Å². The smallest absolute Gasteiger partial charge is 0.247 e. The van der Waals surface area contributed by atoms with E-state index in [1.54, 1.807) is 49.9 Å². The molecule has 4 rings (SSSR count). The van der Waals surface area contributed by atoms with Crippen molar-refractivity contribution in [2.45, 2.75) is 13.8 Å². The fourth-order valence-corrected chi connectivity index (χ4v) is 3.36. The van der Waals surface area contributed by atoms with Crippen LogP contribution in [0.4, 0.5) is 23.3 Å². The standard InChI is InChI=1S/C27H27N7O3/c1-17-12-19(8-10-22(17)35)15-28-33-26-14-25(30-21-6-4-5-7-24(21)37-3)31-27(32-26)34-29-16-20-9-11-23(36)18(2)13-20/h4-16,35-36H,1-3H3,(H3,30,31,32,33,34). The molecule has 0 unspecified atom stereocenters. The van der Waals surface area contributed by atoms with E-state index in [0.29, 0.717) is 17.4 Å². The summed E-state index contributed by atoms with van der Waals surface area (Å²) in [6.45, 7) is 3.63. The lowest BCUT2D eigenvalue weighted by molar-refractivity contribution is 0.417. The zero-order valence-corrected chi connectivity index (χ0v) is 20.6. The first-order valence-electron chi connectivity index (χ1n) is 11.4. The van der Waals surface area contributed by atoms with Crippen molar-refractivity contribution in [2.75, 3.05) is 23.3 Å². The largest absolute Gasteiger partial charge is 0.508 e. The van der Waals surface area contributed by atoms with Crippen molar-refractivity contribution in [1.82, 2.24) is 9.97 Å². The molecule has 4 aromatic rings. The van der Waals surface area contributed by atoms with Gasteiger partial charge in [-0.1, -0.05) is 12.1 Å². The number of benzene rings is 3. The van der Waals surface area contributed by atoms with E-state index in [0.717, 1.165) is 27.9 Å². The minimum absolute atomic E-state index is 0.224. The predicted octanol–water partition coefficient (Wildman–Crippen LogP) is 5.15. The summed E-state index contributed by atoms with van der Waals surface area (Å²) in [6.07, 6.45) is 3.23. The summed E-state index contributed by atoms with van der Waals surface area (Å²) in [5, 5.41) is 31.1. The third-order valence-electron chi connectivity index (χ3n) is 5.31. The molecule has 0 bridgehead atoms. The molecule has 0 saturated carbocycles. The van der Waals surface area contributed by atoms with Crippen LogP contribution < -0.4 is 20.9 Å². The van der Waals surface area contributed by atoms with Crippen LogP contribution in [0.2, 0.25) is 0 Å². The average molecular weight is 498 g/mol. The van der Waals surface area contributed by atoms with Crippen LogP contribution in [-0.4, -0.2) is 39.7 Å². The summed E-state index contributed by atoms with van der Waals surface area (Å²) in [4.78, 5) is 8.92. The normalized spacial score (nSPS) is 11.1. The summed E-state index contributed by atoms with van der Waals surface area (Å²) in [5.74, 6) is 2.23. The van der Waals surface area contributed by atoms with Gasteiger partial charge in [-0.2, -0.15) is 20.2 Å². The van der Waals surface area contributed by atoms with E-state index < -0.39 is 0 Å². The van der Waals surface area contributed by atoms with Gasteiger partial charge in [0, 0.05) is 6.07 Å². The first-order valence-corrected chi connectivity index (χ1v) is 11.4. The molecule has 0 amide bonds. The Balaban J connectivity index is 1.57. The van der Waals surface area contributed by atoms with Gasteiger partial charge in [-0.15, -0.1) is 0 Å². The quantitative estimate of drug-likeness (QED) is 0.158. The molecule has 0 atom stereocenters. The molecule has 10 heteroatoms. The van der Waals surface area contributed by atoms with E-state index >= 15 is 0 Å². The van der Waals surface area contributed by atoms with Gasteiger partial charge < -0.3 is 20.3 Å². The van der Waals surface area contributed by atoms with E-state index in [1.165, 1.54) is 0 Å². The number of methoxy groups -OCH3 is 1. The van der Waals surface area contributed by atoms with Gasteiger partial charge >= 0.3 is 0 Å². The number of nitrogens with zero attached hydrogens (tertiary/aromatic N) is 4. The highest BCUT2D eigenvalue weighted by atomic mass is 16.5. The summed E-state index contributed by atoms with van der Waals surface area (Å²) in [6, 6.07) is 19.6. The molecule has 0 saturated heterocycles. The molecule has 0 aliphatic heterocycles. The first kappa shape index (κ1) is 25.0. The predicted molar refractivity (Wildman–Crippen MR) is 146 cm³/mol. The van der Waals surface area contributed by atoms with Crippen LogP contribution in [0, 0.1) is 13.8 Å². The highest BCUT2D eigenvalue weighted by molar-refractivity contribution is 5.81. The Kier molecular flexibility index (Phi) is 7.79. The molecular formula is C27H27N7O3. The number of hydrogen-bond acceptors (Lipinski definition) is 10. The number of hydrazone groups is 2. The molecule has 0 fully saturated rings. The second-order valence-corrected chi connectivity index (χ2v) is 8.12. The Labute approximate surface area is 214 Å². The fraction of sp³-hybridized carbons (Fsp3) is 0.111. The number of hydrogen-bond donors (Lipinski definition) is 5. The van der Waals surface area contributed by atoms with Gasteiger partial charge in [0.2, 0.25) is 5.95 Å². The minimum atomic E-state index is 0.224. The van der Waals surface area contributed by atoms with Crippen LogP contribution in [0.3, 0.4) is 0 Å². The highest BCUT2D eigenvalue weighted by Crippen LogP contribution is 2.27. The molecule has 0 radical (unpaired) electrons. The van der Waals surface area contributed by atoms with E-state index in [-0.39, 0.29) is 17.4 Å². The van der Waals surface area contributed by atoms with Crippen LogP contribution in [0.5, 0.6) is 17.2 Å². The second kappa shape index (κ2) is 11.5. The molecule has 3 aromatic carbocycles. The number of aromatic hydroxyl groups is 2. The summed E-state index contributed by atoms with van der Waals surface area (Å²) >= 11 is 0. The Morgan fingerprint density at radius 3 is 1.97 bits per heavy atom. The zero-order valence-electron chi connectivity index (χ0n) is 20.6. The topological polar surface area (TPSA) is 136 Å². The molecule has 37 heavy (non-hydrogen) atoms. The number of aromatic nitrogens is 2. The number of para-hydroxylation sites is 2. The Hall–Kier alpha value is -5.12. The van der Waals surface area contributed by atoms with Gasteiger partial charge in [0.15, 0.2) is 5.82 Å². The lowest BCUT2D eigenvalue weighted by atomic mass is 10.1. The Morgan fingerprint density at radius 1 is 0.757 bits per heavy atom. The van der Waals surface area contributed by atoms with Crippen molar-refractivity contribution in [1.29, 1.82) is 0 Å². The van der Waals surface area contributed by atoms with Crippen molar-refractivity contribution < 1.29 is 14.9 Å². The number of aryl methyl sites for hydroxylation is 2. The van der Waals surface area contributed by atoms with Crippen LogP contribution in [0.15, 0.2) is 76.9 Å². The van der Waals surface area contributed by atoms with Crippen molar-refractivity contribution in [3.05, 3.63) is 89.0 Å². The number of phenolic OH excluding ortho intramolecular Hbond substituents is 2. The van der Waals surface area contributed by atoms with E-state index in [4.69, 9.17) is 4.74 Å². The Morgan fingerprint density at radius 2 is 1.35 bits per heavy atom. The molecule has 0 spiro atoms. The number of anilines is 4. The molecule has 0 aliphatic carbocycles. The number of phenols is 2. The maximum absolute atomic E-state index is 9.71. The van der Waals surface area contributed by atoms with E-state index in [2.05, 4.69) is 36.3 Å². The molecule has 188 valence electrons. The van der Waals surface area contributed by atoms with Gasteiger partial charge in [0.25, 0.3) is 0 Å². The highest BCUT2D eigenvalue weighted by Gasteiger charge is 2.08. The maximum Gasteiger partial charge on any atom is 0.247 e. The van der Waals surface area contributed by atoms with Gasteiger partial charge in [-0.3, -0.25) is 5.43 Å². The van der Waals surface area contributed by atoms with Crippen LogP contribution in [-0.2, 0) is 0 Å². The number of nitrogens with one attached hydrogen (secondary N) is 3. The fourth-order valence-electron chi connectivity index (χ4n) is 3.36. The molecule has 10 nitrogen and oxygen atoms in total. The van der Waals surface area contributed by atoms with E-state index in [1.807, 2.05) is 50.2 Å². The lowest BCUT2D eigenvalue weighted by Gasteiger charge is -2.12. The van der Waals surface area contributed by atoms with Crippen molar-refractivity contribution in [2.24, 2.45) is 10.2 Å². The molecule has 0 aliphatic rings. The van der Waals surface area contributed by atoms with Crippen LogP contribution >= 0.6 is 0 Å². The maximum atomic E-state index is 9.71. The zero-order chi connectivity index (χ0) is 26.2. The SMILES string of the molecule is COc1ccccc1Nc1cc(NN=Cc2ccc(O)c(C)c2)nc(NN=Cc2ccc(O)c(C)c2)n1. The second-order valence-electron chi connectivity index (χ2n) is 8.12. The molecule has 1 aromatic heterocycles. The minimum Gasteiger partial charge on any atom is -0.508 e. The van der Waals surface area contributed by atoms with Crippen molar-refractivity contribution in [3.8, 4) is 17.2 Å². The van der Waals surface area contributed by atoms with Crippen molar-refractivity contribution in [3.63, 3.8) is 0 Å². The lowest BCUT2D eigenvalue weighted by Crippen LogP contribution is -2.04. The molecule has 1 heterocycles. The van der Waals surface area contributed by atoms with Gasteiger partial charge in [0.1, 0.15) is 23.1 Å². The van der Waals surface area contributed by atoms with E-state index in [9.17, 15) is 10.2 Å². The third kappa shape index (κ3) is 6.73. The monoisotopic (exact) mass is 497 g/mol. The first-order chi connectivity index (χ1) is 17.9. The summed E-state index contributed by atoms with van der Waals surface area (Å²) in [5.41, 5.74) is 9.59.